The van der Waals surface area contributed by atoms with Gasteiger partial charge in [-0.3, -0.25) is 9.59 Å². The van der Waals surface area contributed by atoms with Crippen LogP contribution in [0.3, 0.4) is 0 Å². The van der Waals surface area contributed by atoms with Crippen LogP contribution in [0.25, 0.3) is 0 Å². The molecule has 6 nitrogen and oxygen atoms in total. The average molecular weight is 401 g/mol. The Morgan fingerprint density at radius 1 is 1.04 bits per heavy atom. The van der Waals surface area contributed by atoms with Crippen molar-refractivity contribution in [1.29, 1.82) is 0 Å². The van der Waals surface area contributed by atoms with E-state index < -0.39 is 0 Å². The molecule has 2 aromatic carbocycles. The van der Waals surface area contributed by atoms with E-state index in [1.807, 2.05) is 32.0 Å². The topological polar surface area (TPSA) is 67.9 Å². The van der Waals surface area contributed by atoms with Crippen LogP contribution < -0.4 is 14.8 Å². The first-order valence-electron chi connectivity index (χ1n) is 9.26. The zero-order valence-electron chi connectivity index (χ0n) is 16.1. The lowest BCUT2D eigenvalue weighted by Crippen LogP contribution is -2.30. The van der Waals surface area contributed by atoms with Crippen molar-refractivity contribution in [2.24, 2.45) is 0 Å². The van der Waals surface area contributed by atoms with Gasteiger partial charge >= 0.3 is 0 Å². The first kappa shape index (κ1) is 20.1. The number of rotatable bonds is 8. The van der Waals surface area contributed by atoms with E-state index in [0.717, 1.165) is 17.1 Å². The molecule has 0 unspecified atom stereocenters. The molecule has 148 valence electrons. The first-order valence-corrected chi connectivity index (χ1v) is 10.4. The highest BCUT2D eigenvalue weighted by Crippen LogP contribution is 2.33. The summed E-state index contributed by atoms with van der Waals surface area (Å²) >= 11 is 1.53. The van der Waals surface area contributed by atoms with Gasteiger partial charge in [-0.25, -0.2) is 0 Å². The van der Waals surface area contributed by atoms with E-state index >= 15 is 0 Å². The van der Waals surface area contributed by atoms with Crippen LogP contribution in [0, 0.1) is 0 Å². The van der Waals surface area contributed by atoms with Crippen LogP contribution in [-0.4, -0.2) is 42.3 Å². The number of ether oxygens (including phenoxy) is 2. The van der Waals surface area contributed by atoms with Crippen LogP contribution in [0.4, 0.5) is 5.69 Å². The molecule has 0 saturated carbocycles. The van der Waals surface area contributed by atoms with Gasteiger partial charge in [-0.1, -0.05) is 6.07 Å². The molecule has 1 aliphatic rings. The Labute approximate surface area is 169 Å². The molecule has 0 atom stereocenters. The molecule has 1 heterocycles. The number of hydrogen-bond donors (Lipinski definition) is 1. The third-order valence-corrected chi connectivity index (χ3v) is 5.41. The van der Waals surface area contributed by atoms with E-state index in [9.17, 15) is 9.59 Å². The lowest BCUT2D eigenvalue weighted by Gasteiger charge is -2.18. The zero-order valence-corrected chi connectivity index (χ0v) is 16.9. The Morgan fingerprint density at radius 2 is 1.75 bits per heavy atom. The smallest absolute Gasteiger partial charge is 0.253 e. The zero-order chi connectivity index (χ0) is 19.9. The number of benzene rings is 2. The molecule has 0 radical (unpaired) electrons. The largest absolute Gasteiger partial charge is 0.454 e. The van der Waals surface area contributed by atoms with Gasteiger partial charge in [0.15, 0.2) is 11.5 Å². The van der Waals surface area contributed by atoms with E-state index in [0.29, 0.717) is 35.8 Å². The van der Waals surface area contributed by atoms with Crippen LogP contribution in [0.1, 0.15) is 29.8 Å². The summed E-state index contributed by atoms with van der Waals surface area (Å²) < 4.78 is 10.7. The monoisotopic (exact) mass is 400 g/mol. The standard InChI is InChI=1S/C21H24N2O4S/c1-3-23(4-2)21(25)16-6-8-17(9-7-16)22-20(24)13-28-12-15-5-10-18-19(11-15)27-14-26-18/h5-11H,3-4,12-14H2,1-2H3,(H,22,24). The summed E-state index contributed by atoms with van der Waals surface area (Å²) in [6.45, 7) is 5.52. The minimum Gasteiger partial charge on any atom is -0.454 e. The van der Waals surface area contributed by atoms with Crippen molar-refractivity contribution in [2.45, 2.75) is 19.6 Å². The molecule has 0 bridgehead atoms. The number of nitrogens with zero attached hydrogens (tertiary/aromatic N) is 1. The second kappa shape index (κ2) is 9.50. The molecule has 2 amide bonds. The maximum atomic E-state index is 12.3. The Bertz CT molecular complexity index is 835. The molecule has 0 saturated heterocycles. The van der Waals surface area contributed by atoms with E-state index in [1.54, 1.807) is 29.2 Å². The van der Waals surface area contributed by atoms with Gasteiger partial charge in [0.05, 0.1) is 5.75 Å². The molecule has 3 rings (SSSR count). The van der Waals surface area contributed by atoms with Gasteiger partial charge in [-0.2, -0.15) is 0 Å². The molecule has 0 spiro atoms. The Hall–Kier alpha value is -2.67. The molecular formula is C21H24N2O4S. The number of carbonyl (C=O) groups is 2. The molecule has 0 aliphatic carbocycles. The first-order chi connectivity index (χ1) is 13.6. The number of fused-ring (bicyclic) bond motifs is 1. The van der Waals surface area contributed by atoms with Crippen molar-refractivity contribution in [1.82, 2.24) is 4.90 Å². The van der Waals surface area contributed by atoms with E-state index in [2.05, 4.69) is 5.32 Å². The predicted molar refractivity (Wildman–Crippen MR) is 111 cm³/mol. The lowest BCUT2D eigenvalue weighted by atomic mass is 10.2. The van der Waals surface area contributed by atoms with Gasteiger partial charge in [0.25, 0.3) is 5.91 Å². The number of nitrogens with one attached hydrogen (secondary N) is 1. The van der Waals surface area contributed by atoms with Gasteiger partial charge < -0.3 is 19.7 Å². The molecule has 28 heavy (non-hydrogen) atoms. The molecule has 0 aromatic heterocycles. The molecule has 2 aromatic rings. The van der Waals surface area contributed by atoms with E-state index in [4.69, 9.17) is 9.47 Å². The summed E-state index contributed by atoms with van der Waals surface area (Å²) in [6.07, 6.45) is 0. The summed E-state index contributed by atoms with van der Waals surface area (Å²) in [5, 5.41) is 2.86. The lowest BCUT2D eigenvalue weighted by molar-refractivity contribution is -0.113. The van der Waals surface area contributed by atoms with Crippen LogP contribution in [-0.2, 0) is 10.5 Å². The summed E-state index contributed by atoms with van der Waals surface area (Å²) in [6, 6.07) is 12.8. The van der Waals surface area contributed by atoms with Crippen molar-refractivity contribution in [2.75, 3.05) is 31.0 Å². The predicted octanol–water partition coefficient (Wildman–Crippen LogP) is 3.77. The highest BCUT2D eigenvalue weighted by molar-refractivity contribution is 7.99. The molecule has 0 fully saturated rings. The van der Waals surface area contributed by atoms with Crippen LogP contribution in [0.2, 0.25) is 0 Å². The van der Waals surface area contributed by atoms with Gasteiger partial charge in [-0.05, 0) is 55.8 Å². The third kappa shape index (κ3) is 4.98. The van der Waals surface area contributed by atoms with Crippen molar-refractivity contribution in [3.63, 3.8) is 0 Å². The van der Waals surface area contributed by atoms with Gasteiger partial charge in [0, 0.05) is 30.1 Å². The molecule has 1 N–H and O–H groups in total. The molecule has 7 heteroatoms. The van der Waals surface area contributed by atoms with Crippen LogP contribution in [0.5, 0.6) is 11.5 Å². The molecule has 1 aliphatic heterocycles. The van der Waals surface area contributed by atoms with E-state index in [1.165, 1.54) is 11.8 Å². The van der Waals surface area contributed by atoms with Gasteiger partial charge in [0.1, 0.15) is 0 Å². The quantitative estimate of drug-likeness (QED) is 0.731. The maximum absolute atomic E-state index is 12.3. The number of anilines is 1. The average Bonchev–Trinajstić information content (AvgIpc) is 3.17. The Morgan fingerprint density at radius 3 is 2.46 bits per heavy atom. The number of thioether (sulfide) groups is 1. The fourth-order valence-electron chi connectivity index (χ4n) is 2.88. The summed E-state index contributed by atoms with van der Waals surface area (Å²) in [5.41, 5.74) is 2.39. The Balaban J connectivity index is 1.46. The summed E-state index contributed by atoms with van der Waals surface area (Å²) in [4.78, 5) is 26.2. The minimum atomic E-state index is -0.0754. The maximum Gasteiger partial charge on any atom is 0.253 e. The van der Waals surface area contributed by atoms with Crippen molar-refractivity contribution in [3.8, 4) is 11.5 Å². The van der Waals surface area contributed by atoms with Gasteiger partial charge in [0.2, 0.25) is 12.7 Å². The van der Waals surface area contributed by atoms with Crippen molar-refractivity contribution < 1.29 is 19.1 Å². The normalized spacial score (nSPS) is 11.9. The van der Waals surface area contributed by atoms with Crippen molar-refractivity contribution in [3.05, 3.63) is 53.6 Å². The van der Waals surface area contributed by atoms with Crippen molar-refractivity contribution >= 4 is 29.3 Å². The highest BCUT2D eigenvalue weighted by atomic mass is 32.2. The van der Waals surface area contributed by atoms with E-state index in [-0.39, 0.29) is 18.6 Å². The minimum absolute atomic E-state index is 0.00200. The fraction of sp³-hybridized carbons (Fsp3) is 0.333. The van der Waals surface area contributed by atoms with Gasteiger partial charge in [-0.15, -0.1) is 11.8 Å². The van der Waals surface area contributed by atoms with Crippen LogP contribution >= 0.6 is 11.8 Å². The Kier molecular flexibility index (Phi) is 6.81. The highest BCUT2D eigenvalue weighted by Gasteiger charge is 2.14. The fourth-order valence-corrected chi connectivity index (χ4v) is 3.65. The molecular weight excluding hydrogens is 376 g/mol. The number of carbonyl (C=O) groups excluding carboxylic acids is 2. The van der Waals surface area contributed by atoms with Crippen LogP contribution in [0.15, 0.2) is 42.5 Å². The number of hydrogen-bond acceptors (Lipinski definition) is 5. The second-order valence-electron chi connectivity index (χ2n) is 6.28. The second-order valence-corrected chi connectivity index (χ2v) is 7.27. The third-order valence-electron chi connectivity index (χ3n) is 4.41. The summed E-state index contributed by atoms with van der Waals surface area (Å²) in [7, 11) is 0. The SMILES string of the molecule is CCN(CC)C(=O)c1ccc(NC(=O)CSCc2ccc3c(c2)OCO3)cc1. The number of amides is 2. The summed E-state index contributed by atoms with van der Waals surface area (Å²) in [5.74, 6) is 2.49.